The molecular formula is C20H20N4. The van der Waals surface area contributed by atoms with Gasteiger partial charge in [0.2, 0.25) is 5.95 Å². The third-order valence-electron chi connectivity index (χ3n) is 4.71. The lowest BCUT2D eigenvalue weighted by molar-refractivity contribution is 0.782. The Morgan fingerprint density at radius 2 is 1.75 bits per heavy atom. The summed E-state index contributed by atoms with van der Waals surface area (Å²) in [5.74, 6) is 1.00. The number of rotatable bonds is 3. The van der Waals surface area contributed by atoms with E-state index in [1.54, 1.807) is 0 Å². The van der Waals surface area contributed by atoms with Gasteiger partial charge in [0.05, 0.1) is 5.69 Å². The van der Waals surface area contributed by atoms with Gasteiger partial charge in [0.25, 0.3) is 0 Å². The molecule has 0 amide bonds. The molecular weight excluding hydrogens is 296 g/mol. The molecule has 4 rings (SSSR count). The highest BCUT2D eigenvalue weighted by Crippen LogP contribution is 2.41. The zero-order chi connectivity index (χ0) is 16.5. The number of nitrogens with one attached hydrogen (secondary N) is 2. The molecule has 0 spiro atoms. The molecule has 0 aliphatic heterocycles. The molecule has 120 valence electrons. The smallest absolute Gasteiger partial charge is 0.222 e. The van der Waals surface area contributed by atoms with E-state index in [2.05, 4.69) is 64.1 Å². The topological polar surface area (TPSA) is 49.8 Å². The molecule has 0 radical (unpaired) electrons. The molecule has 1 aromatic heterocycles. The summed E-state index contributed by atoms with van der Waals surface area (Å²) in [7, 11) is 3.79. The fraction of sp³-hybridized carbons (Fsp3) is 0.200. The number of benzene rings is 2. The number of aromatic nitrogens is 2. The van der Waals surface area contributed by atoms with Gasteiger partial charge < -0.3 is 10.6 Å². The third-order valence-corrected chi connectivity index (χ3v) is 4.71. The fourth-order valence-electron chi connectivity index (χ4n) is 3.44. The van der Waals surface area contributed by atoms with Crippen LogP contribution in [0.5, 0.6) is 0 Å². The van der Waals surface area contributed by atoms with Gasteiger partial charge in [-0.1, -0.05) is 36.4 Å². The maximum Gasteiger partial charge on any atom is 0.222 e. The summed E-state index contributed by atoms with van der Waals surface area (Å²) < 4.78 is 0. The van der Waals surface area contributed by atoms with E-state index < -0.39 is 0 Å². The quantitative estimate of drug-likeness (QED) is 0.769. The molecule has 0 saturated heterocycles. The summed E-state index contributed by atoms with van der Waals surface area (Å²) in [4.78, 5) is 9.10. The van der Waals surface area contributed by atoms with E-state index in [9.17, 15) is 0 Å². The Morgan fingerprint density at radius 3 is 2.50 bits per heavy atom. The van der Waals surface area contributed by atoms with E-state index in [1.165, 1.54) is 22.3 Å². The Morgan fingerprint density at radius 1 is 0.958 bits per heavy atom. The second-order valence-corrected chi connectivity index (χ2v) is 6.03. The highest BCUT2D eigenvalue weighted by molar-refractivity contribution is 5.72. The van der Waals surface area contributed by atoms with Gasteiger partial charge in [-0.25, -0.2) is 9.97 Å². The first-order valence-electron chi connectivity index (χ1n) is 8.21. The summed E-state index contributed by atoms with van der Waals surface area (Å²) in [5.41, 5.74) is 7.25. The van der Waals surface area contributed by atoms with E-state index >= 15 is 0 Å². The largest absolute Gasteiger partial charge is 0.388 e. The van der Waals surface area contributed by atoms with E-state index in [0.29, 0.717) is 11.9 Å². The van der Waals surface area contributed by atoms with Gasteiger partial charge >= 0.3 is 0 Å². The fourth-order valence-corrected chi connectivity index (χ4v) is 3.44. The predicted molar refractivity (Wildman–Crippen MR) is 98.6 cm³/mol. The van der Waals surface area contributed by atoms with Gasteiger partial charge in [-0.3, -0.25) is 0 Å². The van der Waals surface area contributed by atoms with Crippen molar-refractivity contribution in [1.82, 2.24) is 9.97 Å². The van der Waals surface area contributed by atoms with Crippen LogP contribution in [0.25, 0.3) is 11.3 Å². The van der Waals surface area contributed by atoms with Crippen LogP contribution in [0.15, 0.2) is 54.7 Å². The van der Waals surface area contributed by atoms with Crippen LogP contribution in [-0.2, 0) is 6.42 Å². The third kappa shape index (κ3) is 2.40. The van der Waals surface area contributed by atoms with Crippen molar-refractivity contribution in [2.24, 2.45) is 0 Å². The first kappa shape index (κ1) is 14.7. The van der Waals surface area contributed by atoms with Crippen LogP contribution in [0, 0.1) is 0 Å². The van der Waals surface area contributed by atoms with Gasteiger partial charge in [0.15, 0.2) is 0 Å². The van der Waals surface area contributed by atoms with Crippen molar-refractivity contribution < 1.29 is 0 Å². The zero-order valence-corrected chi connectivity index (χ0v) is 13.9. The molecule has 0 saturated carbocycles. The number of nitrogens with zero attached hydrogens (tertiary/aromatic N) is 2. The minimum Gasteiger partial charge on any atom is -0.388 e. The molecule has 1 aliphatic carbocycles. The lowest BCUT2D eigenvalue weighted by atomic mass is 9.78. The van der Waals surface area contributed by atoms with Crippen LogP contribution in [-0.4, -0.2) is 24.1 Å². The van der Waals surface area contributed by atoms with Gasteiger partial charge in [0, 0.05) is 37.5 Å². The van der Waals surface area contributed by atoms with Crippen LogP contribution in [0.3, 0.4) is 0 Å². The molecule has 4 heteroatoms. The highest BCUT2D eigenvalue weighted by Gasteiger charge is 2.27. The van der Waals surface area contributed by atoms with E-state index in [4.69, 9.17) is 4.98 Å². The maximum absolute atomic E-state index is 4.70. The van der Waals surface area contributed by atoms with E-state index in [1.807, 2.05) is 20.3 Å². The van der Waals surface area contributed by atoms with Crippen molar-refractivity contribution >= 4 is 11.6 Å². The molecule has 2 N–H and O–H groups in total. The van der Waals surface area contributed by atoms with Gasteiger partial charge in [-0.15, -0.1) is 0 Å². The van der Waals surface area contributed by atoms with Gasteiger partial charge in [-0.2, -0.15) is 0 Å². The van der Waals surface area contributed by atoms with Crippen molar-refractivity contribution in [2.45, 2.75) is 12.3 Å². The Kier molecular flexibility index (Phi) is 3.65. The Balaban J connectivity index is 1.83. The van der Waals surface area contributed by atoms with E-state index in [0.717, 1.165) is 17.8 Å². The van der Waals surface area contributed by atoms with Crippen LogP contribution >= 0.6 is 0 Å². The predicted octanol–water partition coefficient (Wildman–Crippen LogP) is 3.92. The van der Waals surface area contributed by atoms with E-state index in [-0.39, 0.29) is 0 Å². The molecule has 24 heavy (non-hydrogen) atoms. The van der Waals surface area contributed by atoms with Gasteiger partial charge in [-0.05, 0) is 35.2 Å². The number of hydrogen-bond donors (Lipinski definition) is 2. The van der Waals surface area contributed by atoms with Crippen molar-refractivity contribution in [3.63, 3.8) is 0 Å². The Labute approximate surface area is 142 Å². The molecule has 0 bridgehead atoms. The average Bonchev–Trinajstić information content (AvgIpc) is 2.67. The normalized spacial score (nSPS) is 15.3. The Hall–Kier alpha value is -2.88. The van der Waals surface area contributed by atoms with Crippen molar-refractivity contribution in [2.75, 3.05) is 24.7 Å². The average molecular weight is 316 g/mol. The molecule has 1 aliphatic rings. The second kappa shape index (κ2) is 5.96. The lowest BCUT2D eigenvalue weighted by Crippen LogP contribution is -2.15. The molecule has 1 unspecified atom stereocenters. The van der Waals surface area contributed by atoms with Crippen molar-refractivity contribution in [3.8, 4) is 11.3 Å². The Bertz CT molecular complexity index is 871. The monoisotopic (exact) mass is 316 g/mol. The minimum atomic E-state index is 0.337. The van der Waals surface area contributed by atoms with Crippen molar-refractivity contribution in [1.29, 1.82) is 0 Å². The molecule has 1 heterocycles. The van der Waals surface area contributed by atoms with Crippen LogP contribution in [0.2, 0.25) is 0 Å². The molecule has 3 aromatic rings. The summed E-state index contributed by atoms with van der Waals surface area (Å²) >= 11 is 0. The van der Waals surface area contributed by atoms with Crippen LogP contribution < -0.4 is 10.6 Å². The number of anilines is 2. The summed E-state index contributed by atoms with van der Waals surface area (Å²) in [6, 6.07) is 17.3. The second-order valence-electron chi connectivity index (χ2n) is 6.03. The molecule has 2 aromatic carbocycles. The van der Waals surface area contributed by atoms with Crippen molar-refractivity contribution in [3.05, 3.63) is 71.4 Å². The standard InChI is InChI=1S/C20H20N4/c1-21-15-9-7-13(8-10-15)18-11-14-12-23-20(22-2)24-19(14)17-6-4-3-5-16(17)18/h3-10,12,18,21H,11H2,1-2H3,(H,22,23,24). The van der Waals surface area contributed by atoms with Crippen LogP contribution in [0.1, 0.15) is 22.6 Å². The molecule has 4 nitrogen and oxygen atoms in total. The number of hydrogen-bond acceptors (Lipinski definition) is 4. The maximum atomic E-state index is 4.70. The molecule has 0 fully saturated rings. The minimum absolute atomic E-state index is 0.337. The first-order valence-corrected chi connectivity index (χ1v) is 8.21. The van der Waals surface area contributed by atoms with Gasteiger partial charge in [0.1, 0.15) is 0 Å². The SMILES string of the molecule is CNc1ccc(C2Cc3cnc(NC)nc3-c3ccccc32)cc1. The highest BCUT2D eigenvalue weighted by atomic mass is 15.1. The lowest BCUT2D eigenvalue weighted by Gasteiger charge is -2.27. The zero-order valence-electron chi connectivity index (χ0n) is 13.9. The summed E-state index contributed by atoms with van der Waals surface area (Å²) in [6.07, 6.45) is 2.88. The summed E-state index contributed by atoms with van der Waals surface area (Å²) in [5, 5.41) is 6.21. The summed E-state index contributed by atoms with van der Waals surface area (Å²) in [6.45, 7) is 0. The number of fused-ring (bicyclic) bond motifs is 3. The first-order chi connectivity index (χ1) is 11.8. The van der Waals surface area contributed by atoms with Crippen LogP contribution in [0.4, 0.5) is 11.6 Å². The molecule has 1 atom stereocenters.